The Balaban J connectivity index is 2.34. The number of hydrogen-bond acceptors (Lipinski definition) is 7. The van der Waals surface area contributed by atoms with Gasteiger partial charge in [-0.2, -0.15) is 0 Å². The maximum atomic E-state index is 13.8. The van der Waals surface area contributed by atoms with Crippen LogP contribution in [0.4, 0.5) is 4.79 Å². The standard InChI is InChI=1S/C35H59N3O8/c1-10-35(7,11-2)26(31(39)37-21-34(5,6)32(36)40)20-29-27(38(22-46-29)33(41)42)19-25(23(3)4)17-24-13-14-28(44-9)30(18-24)45-16-12-15-43-8/h13-14,18,23,25-27,29H,10-12,15-17,19-22H2,1-9H3,(H2,36,40)(H,37,39)(H,41,42)/t25-,26-,27+,29+/m1/s1. The molecule has 1 heterocycles. The summed E-state index contributed by atoms with van der Waals surface area (Å²) in [5, 5.41) is 13.1. The number of amides is 3. The second kappa shape index (κ2) is 17.8. The van der Waals surface area contributed by atoms with Crippen molar-refractivity contribution in [2.75, 3.05) is 40.7 Å². The van der Waals surface area contributed by atoms with Gasteiger partial charge in [0, 0.05) is 32.6 Å². The molecule has 11 nitrogen and oxygen atoms in total. The maximum Gasteiger partial charge on any atom is 0.409 e. The number of carbonyl (C=O) groups excluding carboxylic acids is 2. The number of methoxy groups -OCH3 is 2. The average molecular weight is 650 g/mol. The fraction of sp³-hybridized carbons (Fsp3) is 0.743. The Hall–Kier alpha value is -3.05. The number of nitrogens with two attached hydrogens (primary N) is 1. The van der Waals surface area contributed by atoms with Gasteiger partial charge in [0.1, 0.15) is 6.73 Å². The minimum absolute atomic E-state index is 0.0461. The van der Waals surface area contributed by atoms with E-state index >= 15 is 0 Å². The molecular formula is C35H59N3O8. The topological polar surface area (TPSA) is 150 Å². The van der Waals surface area contributed by atoms with Crippen LogP contribution >= 0.6 is 0 Å². The fourth-order valence-electron chi connectivity index (χ4n) is 6.04. The van der Waals surface area contributed by atoms with Gasteiger partial charge in [-0.1, -0.05) is 40.7 Å². The third kappa shape index (κ3) is 10.5. The molecule has 1 saturated heterocycles. The third-order valence-electron chi connectivity index (χ3n) is 10.1. The third-order valence-corrected chi connectivity index (χ3v) is 10.1. The highest BCUT2D eigenvalue weighted by Crippen LogP contribution is 2.41. The van der Waals surface area contributed by atoms with Crippen LogP contribution < -0.4 is 20.5 Å². The minimum atomic E-state index is -1.04. The molecule has 3 amide bonds. The van der Waals surface area contributed by atoms with Gasteiger partial charge in [0.25, 0.3) is 0 Å². The summed E-state index contributed by atoms with van der Waals surface area (Å²) in [6.45, 7) is 15.1. The van der Waals surface area contributed by atoms with Crippen molar-refractivity contribution in [3.63, 3.8) is 0 Å². The largest absolute Gasteiger partial charge is 0.493 e. The monoisotopic (exact) mass is 649 g/mol. The molecule has 0 unspecified atom stereocenters. The van der Waals surface area contributed by atoms with Gasteiger partial charge in [0.2, 0.25) is 11.8 Å². The van der Waals surface area contributed by atoms with Crippen molar-refractivity contribution in [3.05, 3.63) is 23.8 Å². The summed E-state index contributed by atoms with van der Waals surface area (Å²) in [5.74, 6) is 0.574. The van der Waals surface area contributed by atoms with Crippen LogP contribution in [0.1, 0.15) is 86.1 Å². The van der Waals surface area contributed by atoms with Crippen LogP contribution in [-0.4, -0.2) is 80.8 Å². The molecule has 0 saturated carbocycles. The Kier molecular flexibility index (Phi) is 15.1. The summed E-state index contributed by atoms with van der Waals surface area (Å²) in [4.78, 5) is 39.5. The molecule has 0 aliphatic carbocycles. The number of rotatable bonds is 20. The van der Waals surface area contributed by atoms with Crippen molar-refractivity contribution in [2.45, 2.75) is 99.1 Å². The first-order valence-electron chi connectivity index (χ1n) is 16.6. The van der Waals surface area contributed by atoms with E-state index in [9.17, 15) is 19.5 Å². The number of benzene rings is 1. The predicted molar refractivity (Wildman–Crippen MR) is 178 cm³/mol. The lowest BCUT2D eigenvalue weighted by Crippen LogP contribution is -2.49. The van der Waals surface area contributed by atoms with Crippen molar-refractivity contribution in [2.24, 2.45) is 34.3 Å². The highest BCUT2D eigenvalue weighted by atomic mass is 16.5. The van der Waals surface area contributed by atoms with E-state index in [0.29, 0.717) is 44.0 Å². The first-order valence-corrected chi connectivity index (χ1v) is 16.6. The molecule has 0 radical (unpaired) electrons. The second-order valence-electron chi connectivity index (χ2n) is 13.9. The van der Waals surface area contributed by atoms with E-state index in [0.717, 1.165) is 24.8 Å². The van der Waals surface area contributed by atoms with Crippen LogP contribution in [0.25, 0.3) is 0 Å². The molecule has 4 atom stereocenters. The maximum absolute atomic E-state index is 13.8. The summed E-state index contributed by atoms with van der Waals surface area (Å²) >= 11 is 0. The van der Waals surface area contributed by atoms with Gasteiger partial charge in [-0.3, -0.25) is 14.5 Å². The van der Waals surface area contributed by atoms with Crippen LogP contribution in [0.2, 0.25) is 0 Å². The van der Waals surface area contributed by atoms with E-state index < -0.39 is 35.5 Å². The molecule has 11 heteroatoms. The Morgan fingerprint density at radius 1 is 1.09 bits per heavy atom. The summed E-state index contributed by atoms with van der Waals surface area (Å²) in [6, 6.07) is 5.50. The van der Waals surface area contributed by atoms with E-state index in [1.54, 1.807) is 28.1 Å². The zero-order chi connectivity index (χ0) is 34.7. The SMILES string of the molecule is CCC(C)(CC)[C@H](C[C@@H]1OCN(C(=O)O)[C@H]1C[C@@H](Cc1ccc(OC)c(OCCCOC)c1)C(C)C)C(=O)NCC(C)(C)C(N)=O. The van der Waals surface area contributed by atoms with Gasteiger partial charge in [-0.25, -0.2) is 4.79 Å². The number of ether oxygens (including phenoxy) is 4. The Morgan fingerprint density at radius 3 is 2.30 bits per heavy atom. The number of nitrogens with zero attached hydrogens (tertiary/aromatic N) is 1. The van der Waals surface area contributed by atoms with Crippen LogP contribution in [0.15, 0.2) is 18.2 Å². The van der Waals surface area contributed by atoms with E-state index in [1.165, 1.54) is 4.90 Å². The summed E-state index contributed by atoms with van der Waals surface area (Å²) in [5.41, 5.74) is 5.37. The average Bonchev–Trinajstić information content (AvgIpc) is 3.42. The number of carbonyl (C=O) groups is 3. The van der Waals surface area contributed by atoms with Gasteiger partial charge in [-0.15, -0.1) is 0 Å². The van der Waals surface area contributed by atoms with Crippen molar-refractivity contribution in [3.8, 4) is 11.5 Å². The van der Waals surface area contributed by atoms with Gasteiger partial charge < -0.3 is 35.1 Å². The lowest BCUT2D eigenvalue weighted by atomic mass is 9.69. The smallest absolute Gasteiger partial charge is 0.409 e. The summed E-state index contributed by atoms with van der Waals surface area (Å²) < 4.78 is 22.8. The number of primary amides is 1. The zero-order valence-corrected chi connectivity index (χ0v) is 29.5. The summed E-state index contributed by atoms with van der Waals surface area (Å²) in [7, 11) is 3.27. The van der Waals surface area contributed by atoms with Gasteiger partial charge >= 0.3 is 6.09 Å². The Labute approximate surface area is 275 Å². The minimum Gasteiger partial charge on any atom is -0.493 e. The highest BCUT2D eigenvalue weighted by Gasteiger charge is 2.45. The molecule has 1 fully saturated rings. The van der Waals surface area contributed by atoms with Crippen LogP contribution in [0, 0.1) is 28.6 Å². The van der Waals surface area contributed by atoms with Crippen molar-refractivity contribution in [1.82, 2.24) is 10.2 Å². The van der Waals surface area contributed by atoms with E-state index in [1.807, 2.05) is 18.2 Å². The normalized spacial score (nSPS) is 18.3. The van der Waals surface area contributed by atoms with Crippen LogP contribution in [0.5, 0.6) is 11.5 Å². The van der Waals surface area contributed by atoms with E-state index in [2.05, 4.69) is 39.9 Å². The second-order valence-corrected chi connectivity index (χ2v) is 13.9. The van der Waals surface area contributed by atoms with Crippen molar-refractivity contribution < 1.29 is 38.4 Å². The molecule has 0 spiro atoms. The Bertz CT molecular complexity index is 1140. The van der Waals surface area contributed by atoms with Gasteiger partial charge in [-0.05, 0) is 80.9 Å². The van der Waals surface area contributed by atoms with Gasteiger partial charge in [0.15, 0.2) is 11.5 Å². The molecule has 262 valence electrons. The first kappa shape index (κ1) is 39.1. The molecular weight excluding hydrogens is 590 g/mol. The molecule has 2 rings (SSSR count). The summed E-state index contributed by atoms with van der Waals surface area (Å²) in [6.07, 6.45) is 2.40. The van der Waals surface area contributed by atoms with Crippen molar-refractivity contribution >= 4 is 17.9 Å². The first-order chi connectivity index (χ1) is 21.6. The molecule has 1 aromatic rings. The highest BCUT2D eigenvalue weighted by molar-refractivity contribution is 5.83. The quantitative estimate of drug-likeness (QED) is 0.157. The number of hydrogen-bond donors (Lipinski definition) is 3. The molecule has 0 aromatic heterocycles. The van der Waals surface area contributed by atoms with Gasteiger partial charge in [0.05, 0.1) is 31.3 Å². The Morgan fingerprint density at radius 2 is 1.76 bits per heavy atom. The predicted octanol–water partition coefficient (Wildman–Crippen LogP) is 5.48. The van der Waals surface area contributed by atoms with E-state index in [4.69, 9.17) is 24.7 Å². The fourth-order valence-corrected chi connectivity index (χ4v) is 6.04. The molecule has 0 bridgehead atoms. The number of carboxylic acid groups (broad SMARTS) is 1. The lowest BCUT2D eigenvalue weighted by Gasteiger charge is -2.38. The lowest BCUT2D eigenvalue weighted by molar-refractivity contribution is -0.132. The molecule has 1 aliphatic rings. The molecule has 4 N–H and O–H groups in total. The molecule has 46 heavy (non-hydrogen) atoms. The molecule has 1 aromatic carbocycles. The van der Waals surface area contributed by atoms with Crippen molar-refractivity contribution in [1.29, 1.82) is 0 Å². The zero-order valence-electron chi connectivity index (χ0n) is 29.5. The van der Waals surface area contributed by atoms with Crippen LogP contribution in [-0.2, 0) is 25.5 Å². The number of nitrogens with one attached hydrogen (secondary N) is 1. The van der Waals surface area contributed by atoms with Crippen LogP contribution in [0.3, 0.4) is 0 Å². The van der Waals surface area contributed by atoms with E-state index in [-0.39, 0.29) is 36.4 Å². The molecule has 1 aliphatic heterocycles.